The van der Waals surface area contributed by atoms with Crippen molar-refractivity contribution in [3.05, 3.63) is 16.0 Å². The van der Waals surface area contributed by atoms with Crippen LogP contribution in [0.5, 0.6) is 0 Å². The molecule has 1 aliphatic rings. The highest BCUT2D eigenvalue weighted by Gasteiger charge is 2.25. The van der Waals surface area contributed by atoms with E-state index in [0.717, 1.165) is 29.8 Å². The first-order chi connectivity index (χ1) is 8.54. The smallest absolute Gasteiger partial charge is 0.308 e. The monoisotopic (exact) mass is 264 g/mol. The van der Waals surface area contributed by atoms with Crippen LogP contribution in [0, 0.1) is 17.2 Å². The van der Waals surface area contributed by atoms with E-state index >= 15 is 0 Å². The Morgan fingerprint density at radius 1 is 1.61 bits per heavy atom. The first-order valence-corrected chi connectivity index (χ1v) is 6.84. The number of nitriles is 1. The number of hydrogen-bond donors (Lipinski definition) is 1. The Morgan fingerprint density at radius 3 is 2.94 bits per heavy atom. The molecule has 1 atom stereocenters. The molecule has 0 spiro atoms. The molecule has 0 radical (unpaired) electrons. The molecule has 5 heteroatoms. The summed E-state index contributed by atoms with van der Waals surface area (Å²) in [5.74, 6) is -1.23. The van der Waals surface area contributed by atoms with Crippen LogP contribution in [0.3, 0.4) is 0 Å². The van der Waals surface area contributed by atoms with Crippen LogP contribution in [-0.4, -0.2) is 24.7 Å². The Labute approximate surface area is 110 Å². The minimum absolute atomic E-state index is 0.432. The lowest BCUT2D eigenvalue weighted by Crippen LogP contribution is -2.28. The van der Waals surface area contributed by atoms with E-state index in [0.29, 0.717) is 6.54 Å². The normalized spacial score (nSPS) is 14.9. The maximum atomic E-state index is 10.9. The molecular formula is C13H16N2O2S. The number of carbonyl (C=O) groups is 1. The zero-order chi connectivity index (χ0) is 13.3. The topological polar surface area (TPSA) is 64.3 Å². The number of carboxylic acid groups (broad SMARTS) is 1. The third-order valence-electron chi connectivity index (χ3n) is 3.33. The maximum absolute atomic E-state index is 10.9. The van der Waals surface area contributed by atoms with Gasteiger partial charge in [-0.15, -0.1) is 11.3 Å². The van der Waals surface area contributed by atoms with Gasteiger partial charge in [0.25, 0.3) is 0 Å². The molecule has 1 heterocycles. The Morgan fingerprint density at radius 2 is 2.33 bits per heavy atom. The van der Waals surface area contributed by atoms with Crippen molar-refractivity contribution < 1.29 is 9.90 Å². The van der Waals surface area contributed by atoms with Gasteiger partial charge in [0.05, 0.1) is 11.5 Å². The zero-order valence-corrected chi connectivity index (χ0v) is 11.4. The fourth-order valence-electron chi connectivity index (χ4n) is 2.35. The van der Waals surface area contributed by atoms with Crippen molar-refractivity contribution in [3.8, 4) is 6.07 Å². The lowest BCUT2D eigenvalue weighted by atomic mass is 10.1. The average Bonchev–Trinajstić information content (AvgIpc) is 2.87. The van der Waals surface area contributed by atoms with Gasteiger partial charge < -0.3 is 10.0 Å². The highest BCUT2D eigenvalue weighted by Crippen LogP contribution is 2.40. The highest BCUT2D eigenvalue weighted by atomic mass is 32.1. The zero-order valence-electron chi connectivity index (χ0n) is 10.6. The predicted molar refractivity (Wildman–Crippen MR) is 71.1 cm³/mol. The lowest BCUT2D eigenvalue weighted by molar-refractivity contribution is -0.140. The Balaban J connectivity index is 2.24. The van der Waals surface area contributed by atoms with E-state index in [9.17, 15) is 10.1 Å². The summed E-state index contributed by atoms with van der Waals surface area (Å²) in [7, 11) is 1.86. The van der Waals surface area contributed by atoms with Gasteiger partial charge in [-0.25, -0.2) is 0 Å². The molecular weight excluding hydrogens is 248 g/mol. The predicted octanol–water partition coefficient (Wildman–Crippen LogP) is 2.27. The molecule has 0 aromatic carbocycles. The van der Waals surface area contributed by atoms with Crippen LogP contribution in [0.2, 0.25) is 0 Å². The van der Waals surface area contributed by atoms with Crippen molar-refractivity contribution in [3.63, 3.8) is 0 Å². The molecule has 1 unspecified atom stereocenters. The first kappa shape index (κ1) is 12.9. The summed E-state index contributed by atoms with van der Waals surface area (Å²) >= 11 is 1.65. The Kier molecular flexibility index (Phi) is 3.58. The summed E-state index contributed by atoms with van der Waals surface area (Å²) in [6, 6.07) is 2.28. The van der Waals surface area contributed by atoms with E-state index in [4.69, 9.17) is 5.11 Å². The summed E-state index contributed by atoms with van der Waals surface area (Å²) < 4.78 is 0. The number of fused-ring (bicyclic) bond motifs is 1. The lowest BCUT2D eigenvalue weighted by Gasteiger charge is -2.20. The van der Waals surface area contributed by atoms with Crippen LogP contribution >= 0.6 is 11.3 Å². The molecule has 1 aromatic rings. The van der Waals surface area contributed by atoms with Crippen LogP contribution in [0.25, 0.3) is 0 Å². The molecule has 18 heavy (non-hydrogen) atoms. The molecule has 1 aliphatic carbocycles. The number of thiophene rings is 1. The average molecular weight is 264 g/mol. The fourth-order valence-corrected chi connectivity index (χ4v) is 3.65. The Bertz CT molecular complexity index is 516. The van der Waals surface area contributed by atoms with E-state index in [1.807, 2.05) is 11.9 Å². The van der Waals surface area contributed by atoms with Gasteiger partial charge in [0.15, 0.2) is 0 Å². The standard InChI is InChI=1S/C13H16N2O2S/c1-8(13(16)17)7-15(2)12-10(6-14)9-4-3-5-11(9)18-12/h8H,3-5,7H2,1-2H3,(H,16,17). The van der Waals surface area contributed by atoms with Gasteiger partial charge >= 0.3 is 5.97 Å². The second-order valence-electron chi connectivity index (χ2n) is 4.77. The van der Waals surface area contributed by atoms with E-state index in [1.165, 1.54) is 10.4 Å². The van der Waals surface area contributed by atoms with Crippen molar-refractivity contribution in [2.24, 2.45) is 5.92 Å². The van der Waals surface area contributed by atoms with Crippen LogP contribution in [0.4, 0.5) is 5.00 Å². The minimum atomic E-state index is -0.801. The van der Waals surface area contributed by atoms with E-state index in [-0.39, 0.29) is 0 Å². The SMILES string of the molecule is CC(CN(C)c1sc2c(c1C#N)CCC2)C(=O)O. The molecule has 0 bridgehead atoms. The number of hydrogen-bond acceptors (Lipinski definition) is 4. The number of rotatable bonds is 4. The molecule has 4 nitrogen and oxygen atoms in total. The molecule has 0 saturated carbocycles. The van der Waals surface area contributed by atoms with Crippen LogP contribution in [0.1, 0.15) is 29.3 Å². The van der Waals surface area contributed by atoms with Crippen molar-refractivity contribution in [2.75, 3.05) is 18.5 Å². The summed E-state index contributed by atoms with van der Waals surface area (Å²) in [5, 5.41) is 19.1. The van der Waals surface area contributed by atoms with Gasteiger partial charge in [-0.3, -0.25) is 4.79 Å². The summed E-state index contributed by atoms with van der Waals surface area (Å²) in [6.45, 7) is 2.12. The van der Waals surface area contributed by atoms with Crippen LogP contribution < -0.4 is 4.90 Å². The molecule has 0 aliphatic heterocycles. The summed E-state index contributed by atoms with van der Waals surface area (Å²) in [6.07, 6.45) is 3.17. The third-order valence-corrected chi connectivity index (χ3v) is 4.74. The van der Waals surface area contributed by atoms with Gasteiger partial charge in [-0.1, -0.05) is 6.92 Å². The Hall–Kier alpha value is -1.54. The third kappa shape index (κ3) is 2.21. The largest absolute Gasteiger partial charge is 0.481 e. The molecule has 0 saturated heterocycles. The maximum Gasteiger partial charge on any atom is 0.308 e. The summed E-state index contributed by atoms with van der Waals surface area (Å²) in [5.41, 5.74) is 1.94. The molecule has 2 rings (SSSR count). The molecule has 0 amide bonds. The van der Waals surface area contributed by atoms with Crippen molar-refractivity contribution >= 4 is 22.3 Å². The quantitative estimate of drug-likeness (QED) is 0.906. The van der Waals surface area contributed by atoms with Gasteiger partial charge in [0.1, 0.15) is 11.1 Å². The molecule has 1 aromatic heterocycles. The second-order valence-corrected chi connectivity index (χ2v) is 5.85. The van der Waals surface area contributed by atoms with Gasteiger partial charge in [0.2, 0.25) is 0 Å². The van der Waals surface area contributed by atoms with Crippen molar-refractivity contribution in [2.45, 2.75) is 26.2 Å². The fraction of sp³-hybridized carbons (Fsp3) is 0.538. The van der Waals surface area contributed by atoms with Gasteiger partial charge in [0, 0.05) is 18.5 Å². The van der Waals surface area contributed by atoms with Crippen LogP contribution in [-0.2, 0) is 17.6 Å². The van der Waals surface area contributed by atoms with Crippen molar-refractivity contribution in [1.82, 2.24) is 0 Å². The second kappa shape index (κ2) is 4.99. The molecule has 0 fully saturated rings. The number of aryl methyl sites for hydroxylation is 1. The van der Waals surface area contributed by atoms with E-state index in [2.05, 4.69) is 6.07 Å². The first-order valence-electron chi connectivity index (χ1n) is 6.03. The van der Waals surface area contributed by atoms with E-state index in [1.54, 1.807) is 18.3 Å². The highest BCUT2D eigenvalue weighted by molar-refractivity contribution is 7.16. The molecule has 1 N–H and O–H groups in total. The van der Waals surface area contributed by atoms with Gasteiger partial charge in [-0.2, -0.15) is 5.26 Å². The number of anilines is 1. The van der Waals surface area contributed by atoms with Gasteiger partial charge in [-0.05, 0) is 24.8 Å². The molecule has 96 valence electrons. The number of aliphatic carboxylic acids is 1. The summed E-state index contributed by atoms with van der Waals surface area (Å²) in [4.78, 5) is 14.1. The van der Waals surface area contributed by atoms with Crippen LogP contribution in [0.15, 0.2) is 0 Å². The number of nitrogens with zero attached hydrogens (tertiary/aromatic N) is 2. The van der Waals surface area contributed by atoms with E-state index < -0.39 is 11.9 Å². The number of carboxylic acids is 1. The minimum Gasteiger partial charge on any atom is -0.481 e. The van der Waals surface area contributed by atoms with Crippen molar-refractivity contribution in [1.29, 1.82) is 5.26 Å².